The van der Waals surface area contributed by atoms with Gasteiger partial charge in [0.1, 0.15) is 0 Å². The summed E-state index contributed by atoms with van der Waals surface area (Å²) in [5, 5.41) is 7.38. The molecule has 0 heteroatoms. The molecule has 0 aliphatic carbocycles. The number of rotatable bonds is 8. The van der Waals surface area contributed by atoms with E-state index in [-0.39, 0.29) is 0 Å². The second kappa shape index (κ2) is 17.3. The Morgan fingerprint density at radius 3 is 1.03 bits per heavy atom. The fourth-order valence-electron chi connectivity index (χ4n) is 10.3. The van der Waals surface area contributed by atoms with E-state index < -0.39 is 0 Å². The summed E-state index contributed by atoms with van der Waals surface area (Å²) in [5.41, 5.74) is 21.7. The van der Waals surface area contributed by atoms with Gasteiger partial charge in [0, 0.05) is 0 Å². The van der Waals surface area contributed by atoms with E-state index in [4.69, 9.17) is 0 Å². The van der Waals surface area contributed by atoms with Crippen LogP contribution in [0.4, 0.5) is 0 Å². The number of aryl methyl sites for hydroxylation is 2. The molecule has 0 atom stereocenters. The molecule has 0 bridgehead atoms. The fourth-order valence-corrected chi connectivity index (χ4v) is 10.3. The summed E-state index contributed by atoms with van der Waals surface area (Å²) >= 11 is 0. The smallest absolute Gasteiger partial charge is 0.000763 e. The molecule has 0 radical (unpaired) electrons. The van der Waals surface area contributed by atoms with Crippen molar-refractivity contribution in [2.75, 3.05) is 0 Å². The Kier molecular flexibility index (Phi) is 10.4. The Labute approximate surface area is 399 Å². The van der Waals surface area contributed by atoms with E-state index in [9.17, 15) is 0 Å². The van der Waals surface area contributed by atoms with Gasteiger partial charge in [-0.15, -0.1) is 0 Å². The first-order valence-corrected chi connectivity index (χ1v) is 23.6. The molecule has 0 N–H and O–H groups in total. The molecule has 12 rings (SSSR count). The molecule has 12 aromatic carbocycles. The molecule has 0 saturated carbocycles. The summed E-state index contributed by atoms with van der Waals surface area (Å²) in [6, 6.07) is 94.5. The quantitative estimate of drug-likeness (QED) is 0.134. The average Bonchev–Trinajstić information content (AvgIpc) is 3.41. The normalized spacial score (nSPS) is 11.4. The molecular weight excluding hydrogens is 817 g/mol. The highest BCUT2D eigenvalue weighted by molar-refractivity contribution is 6.31. The van der Waals surface area contributed by atoms with Crippen molar-refractivity contribution in [2.45, 2.75) is 13.8 Å². The summed E-state index contributed by atoms with van der Waals surface area (Å²) in [5.74, 6) is 0. The van der Waals surface area contributed by atoms with Crippen LogP contribution in [-0.4, -0.2) is 0 Å². The van der Waals surface area contributed by atoms with E-state index in [0.29, 0.717) is 0 Å². The number of benzene rings is 12. The first-order valence-electron chi connectivity index (χ1n) is 23.6. The monoisotopic (exact) mass is 864 g/mol. The van der Waals surface area contributed by atoms with Gasteiger partial charge in [-0.25, -0.2) is 0 Å². The van der Waals surface area contributed by atoms with Crippen molar-refractivity contribution in [3.63, 3.8) is 0 Å². The molecule has 0 aliphatic rings. The maximum absolute atomic E-state index is 2.50. The van der Waals surface area contributed by atoms with Crippen LogP contribution in [0.15, 0.2) is 255 Å². The maximum Gasteiger partial charge on any atom is -0.000763 e. The van der Waals surface area contributed by atoms with Crippen LogP contribution in [0.5, 0.6) is 0 Å². The van der Waals surface area contributed by atoms with E-state index in [0.717, 1.165) is 0 Å². The van der Waals surface area contributed by atoms with E-state index in [1.807, 2.05) is 0 Å². The van der Waals surface area contributed by atoms with Crippen molar-refractivity contribution < 1.29 is 0 Å². The standard InChI is InChI=1S/C68H48/c1-45-23-27-54(28-24-45)65-63-44-59-41-57(49-19-11-5-12-20-49)39-40-60(59)64(56-37-33-52(34-38-56)48-17-9-4-10-18-48)68(63)66(55-29-25-46(2)26-30-55)62-43-58(50-21-13-6-14-22-50)42-61(67(62)65)53-35-31-51(32-36-53)47-15-7-3-8-16-47/h3-44H,1-2H3. The zero-order valence-electron chi connectivity index (χ0n) is 38.2. The predicted molar refractivity (Wildman–Crippen MR) is 292 cm³/mol. The fraction of sp³-hybridized carbons (Fsp3) is 0.0294. The third-order valence-corrected chi connectivity index (χ3v) is 13.8. The lowest BCUT2D eigenvalue weighted by Gasteiger charge is -2.25. The molecule has 0 aliphatic heterocycles. The minimum Gasteiger partial charge on any atom is -0.0622 e. The van der Waals surface area contributed by atoms with E-state index in [2.05, 4.69) is 269 Å². The van der Waals surface area contributed by atoms with Crippen LogP contribution in [-0.2, 0) is 0 Å². The van der Waals surface area contributed by atoms with Crippen LogP contribution in [0, 0.1) is 13.8 Å². The lowest BCUT2D eigenvalue weighted by Crippen LogP contribution is -1.97. The first-order chi connectivity index (χ1) is 33.5. The SMILES string of the molecule is Cc1ccc(-c2c3cc4cc(-c5ccccc5)ccc4c(-c4ccc(-c5ccccc5)cc4)c3c(-c3ccc(C)cc3)c3cc(-c4ccccc4)cc(-c4ccc(-c5ccccc5)cc4)c23)cc1. The zero-order chi connectivity index (χ0) is 45.6. The number of hydrogen-bond acceptors (Lipinski definition) is 0. The molecule has 12 aromatic rings. The lowest BCUT2D eigenvalue weighted by molar-refractivity contribution is 1.47. The van der Waals surface area contributed by atoms with E-state index in [1.54, 1.807) is 0 Å². The molecule has 0 spiro atoms. The molecule has 0 unspecified atom stereocenters. The Morgan fingerprint density at radius 1 is 0.206 bits per heavy atom. The first kappa shape index (κ1) is 40.9. The maximum atomic E-state index is 2.50. The molecule has 0 fully saturated rings. The zero-order valence-corrected chi connectivity index (χ0v) is 38.2. The van der Waals surface area contributed by atoms with Crippen molar-refractivity contribution in [1.29, 1.82) is 0 Å². The third kappa shape index (κ3) is 7.47. The Bertz CT molecular complexity index is 3760. The van der Waals surface area contributed by atoms with Crippen LogP contribution < -0.4 is 0 Å². The molecule has 0 nitrogen and oxygen atoms in total. The van der Waals surface area contributed by atoms with Crippen molar-refractivity contribution in [2.24, 2.45) is 0 Å². The van der Waals surface area contributed by atoms with Crippen molar-refractivity contribution in [1.82, 2.24) is 0 Å². The highest BCUT2D eigenvalue weighted by Crippen LogP contribution is 2.53. The van der Waals surface area contributed by atoms with Gasteiger partial charge in [0.05, 0.1) is 0 Å². The molecule has 0 amide bonds. The largest absolute Gasteiger partial charge is 0.0622 e. The minimum absolute atomic E-state index is 1.18. The number of hydrogen-bond donors (Lipinski definition) is 0. The molecule has 0 heterocycles. The van der Waals surface area contributed by atoms with Crippen molar-refractivity contribution in [3.8, 4) is 89.0 Å². The van der Waals surface area contributed by atoms with Gasteiger partial charge in [0.2, 0.25) is 0 Å². The second-order valence-electron chi connectivity index (χ2n) is 18.2. The summed E-state index contributed by atoms with van der Waals surface area (Å²) in [6.07, 6.45) is 0. The number of fused-ring (bicyclic) bond motifs is 3. The van der Waals surface area contributed by atoms with Crippen molar-refractivity contribution >= 4 is 32.3 Å². The highest BCUT2D eigenvalue weighted by Gasteiger charge is 2.25. The van der Waals surface area contributed by atoms with Gasteiger partial charge in [-0.05, 0) is 159 Å². The van der Waals surface area contributed by atoms with Gasteiger partial charge in [0.15, 0.2) is 0 Å². The van der Waals surface area contributed by atoms with Crippen LogP contribution in [0.1, 0.15) is 11.1 Å². The van der Waals surface area contributed by atoms with Crippen LogP contribution in [0.2, 0.25) is 0 Å². The Hall–Kier alpha value is -8.58. The topological polar surface area (TPSA) is 0 Å². The van der Waals surface area contributed by atoms with Gasteiger partial charge >= 0.3 is 0 Å². The van der Waals surface area contributed by atoms with Crippen LogP contribution >= 0.6 is 0 Å². The summed E-state index contributed by atoms with van der Waals surface area (Å²) in [7, 11) is 0. The molecule has 0 saturated heterocycles. The van der Waals surface area contributed by atoms with Gasteiger partial charge in [-0.2, -0.15) is 0 Å². The van der Waals surface area contributed by atoms with Crippen LogP contribution in [0.3, 0.4) is 0 Å². The predicted octanol–water partition coefficient (Wildman–Crippen LogP) is 19.1. The van der Waals surface area contributed by atoms with Gasteiger partial charge in [-0.3, -0.25) is 0 Å². The van der Waals surface area contributed by atoms with E-state index in [1.165, 1.54) is 132 Å². The summed E-state index contributed by atoms with van der Waals surface area (Å²) in [6.45, 7) is 4.37. The van der Waals surface area contributed by atoms with Crippen LogP contribution in [0.25, 0.3) is 121 Å². The van der Waals surface area contributed by atoms with Crippen molar-refractivity contribution in [3.05, 3.63) is 266 Å². The summed E-state index contributed by atoms with van der Waals surface area (Å²) < 4.78 is 0. The Morgan fingerprint density at radius 2 is 0.544 bits per heavy atom. The third-order valence-electron chi connectivity index (χ3n) is 13.8. The molecule has 68 heavy (non-hydrogen) atoms. The van der Waals surface area contributed by atoms with Gasteiger partial charge in [-0.1, -0.05) is 242 Å². The van der Waals surface area contributed by atoms with E-state index >= 15 is 0 Å². The molecular formula is C68H48. The van der Waals surface area contributed by atoms with Gasteiger partial charge < -0.3 is 0 Å². The van der Waals surface area contributed by atoms with Gasteiger partial charge in [0.25, 0.3) is 0 Å². The minimum atomic E-state index is 1.18. The Balaban J connectivity index is 1.29. The molecule has 320 valence electrons. The average molecular weight is 865 g/mol. The second-order valence-corrected chi connectivity index (χ2v) is 18.2. The highest BCUT2D eigenvalue weighted by atomic mass is 14.3. The summed E-state index contributed by atoms with van der Waals surface area (Å²) in [4.78, 5) is 0. The molecule has 0 aromatic heterocycles. The lowest BCUT2D eigenvalue weighted by atomic mass is 9.78.